The molecule has 0 radical (unpaired) electrons. The summed E-state index contributed by atoms with van der Waals surface area (Å²) in [4.78, 5) is 13.5. The number of nitrogens with zero attached hydrogens (tertiary/aromatic N) is 5. The van der Waals surface area contributed by atoms with Gasteiger partial charge in [-0.15, -0.1) is 11.3 Å². The summed E-state index contributed by atoms with van der Waals surface area (Å²) in [5, 5.41) is 11.8. The second-order valence-electron chi connectivity index (χ2n) is 18.1. The maximum atomic E-state index is 7.08. The molecule has 69 heavy (non-hydrogen) atoms. The molecule has 0 N–H and O–H groups in total. The average molecular weight is 902 g/mol. The van der Waals surface area contributed by atoms with Crippen LogP contribution >= 0.6 is 11.3 Å². The Balaban J connectivity index is 0.980. The van der Waals surface area contributed by atoms with E-state index in [0.717, 1.165) is 77.9 Å². The molecule has 1 aliphatic heterocycles. The number of rotatable bonds is 5. The van der Waals surface area contributed by atoms with Crippen molar-refractivity contribution < 1.29 is 4.42 Å². The van der Waals surface area contributed by atoms with Crippen molar-refractivity contribution in [3.05, 3.63) is 229 Å². The lowest BCUT2D eigenvalue weighted by atomic mass is 10.00. The van der Waals surface area contributed by atoms with Crippen molar-refractivity contribution in [3.63, 3.8) is 0 Å². The molecule has 0 saturated carbocycles. The molecule has 0 saturated heterocycles. The summed E-state index contributed by atoms with van der Waals surface area (Å²) in [6, 6.07) is 76.4. The van der Waals surface area contributed by atoms with Crippen LogP contribution in [0, 0.1) is 0 Å². The molecule has 1 unspecified atom stereocenters. The Kier molecular flexibility index (Phi) is 8.12. The minimum absolute atomic E-state index is 0.460. The number of para-hydroxylation sites is 4. The highest BCUT2D eigenvalue weighted by atomic mass is 32.1. The third kappa shape index (κ3) is 5.65. The summed E-state index contributed by atoms with van der Waals surface area (Å²) < 4.78 is 14.3. The lowest BCUT2D eigenvalue weighted by Gasteiger charge is -2.33. The fraction of sp³-hybridized carbons (Fsp3) is 0.0323. The van der Waals surface area contributed by atoms with E-state index in [2.05, 4.69) is 233 Å². The molecule has 1 aliphatic rings. The van der Waals surface area contributed by atoms with E-state index in [0.29, 0.717) is 5.84 Å². The van der Waals surface area contributed by atoms with E-state index in [9.17, 15) is 0 Å². The van der Waals surface area contributed by atoms with Crippen LogP contribution in [0.3, 0.4) is 0 Å². The lowest BCUT2D eigenvalue weighted by Crippen LogP contribution is -2.35. The van der Waals surface area contributed by atoms with Crippen LogP contribution in [0.4, 0.5) is 0 Å². The predicted octanol–water partition coefficient (Wildman–Crippen LogP) is 16.1. The first kappa shape index (κ1) is 38.3. The zero-order chi connectivity index (χ0) is 45.3. The quantitative estimate of drug-likeness (QED) is 0.173. The number of thiophene rings is 1. The molecular weight excluding hydrogens is 863 g/mol. The van der Waals surface area contributed by atoms with Crippen LogP contribution in [0.1, 0.15) is 22.9 Å². The van der Waals surface area contributed by atoms with Crippen molar-refractivity contribution in [2.24, 2.45) is 9.98 Å². The Hall–Kier alpha value is -8.78. The maximum Gasteiger partial charge on any atom is 0.159 e. The molecule has 0 amide bonds. The lowest BCUT2D eigenvalue weighted by molar-refractivity contribution is 0.385. The second kappa shape index (κ2) is 14.6. The summed E-state index contributed by atoms with van der Waals surface area (Å²) >= 11 is 1.82. The van der Waals surface area contributed by atoms with E-state index >= 15 is 0 Å². The molecule has 0 spiro atoms. The number of furan rings is 1. The fourth-order valence-electron chi connectivity index (χ4n) is 11.2. The molecule has 0 fully saturated rings. The minimum atomic E-state index is -0.460. The molecule has 5 heterocycles. The molecule has 1 atom stereocenters. The van der Waals surface area contributed by atoms with Crippen molar-refractivity contribution >= 4 is 120 Å². The number of fused-ring (bicyclic) bond motifs is 13. The van der Waals surface area contributed by atoms with Crippen LogP contribution in [-0.2, 0) is 0 Å². The van der Waals surface area contributed by atoms with Crippen LogP contribution in [0.2, 0.25) is 0 Å². The smallest absolute Gasteiger partial charge is 0.159 e. The third-order valence-corrected chi connectivity index (χ3v) is 15.5. The molecule has 0 aliphatic carbocycles. The molecule has 324 valence electrons. The number of amidine groups is 2. The van der Waals surface area contributed by atoms with Gasteiger partial charge in [0.05, 0.1) is 27.8 Å². The second-order valence-corrected chi connectivity index (χ2v) is 19.2. The molecular formula is C62H39N5OS. The zero-order valence-corrected chi connectivity index (χ0v) is 38.2. The van der Waals surface area contributed by atoms with Gasteiger partial charge in [0.25, 0.3) is 0 Å². The third-order valence-electron chi connectivity index (χ3n) is 14.3. The predicted molar refractivity (Wildman–Crippen MR) is 289 cm³/mol. The Morgan fingerprint density at radius 3 is 1.94 bits per heavy atom. The molecule has 6 nitrogen and oxygen atoms in total. The number of hydrogen-bond donors (Lipinski definition) is 0. The first-order chi connectivity index (χ1) is 34.1. The fourth-order valence-corrected chi connectivity index (χ4v) is 12.3. The standard InChI is InChI=1S/C62H39N5OS/c1-65-61(40-27-29-44-42-19-7-11-23-50(42)66(53(44)36-40)41-17-3-2-4-18-41)63-60(39-28-32-57-49(34-39)45-21-10-14-26-56(45)69-57)64-62(65)47-30-31-52(59-58(47)46-22-9-13-25-55(46)68-59)67-51-24-12-8-20-43(51)48-33-37-15-5-6-16-38(37)35-54(48)67/h2-36,62H,1H3. The summed E-state index contributed by atoms with van der Waals surface area (Å²) in [6.07, 6.45) is -0.460. The number of benzene rings is 10. The van der Waals surface area contributed by atoms with Gasteiger partial charge in [0, 0.05) is 81.9 Å². The SMILES string of the molecule is CN1C(c2ccc3c4ccccc4n(-c4ccccc4)c3c2)=NC(c2ccc3sc4ccccc4c3c2)=NC1c1ccc(-n2c3ccccc3c3cc4ccccc4cc32)c2oc3ccccc3c12. The highest BCUT2D eigenvalue weighted by molar-refractivity contribution is 7.25. The number of hydrogen-bond acceptors (Lipinski definition) is 5. The number of aromatic nitrogens is 2. The van der Waals surface area contributed by atoms with Gasteiger partial charge in [-0.3, -0.25) is 0 Å². The van der Waals surface area contributed by atoms with Crippen LogP contribution in [0.5, 0.6) is 0 Å². The topological polar surface area (TPSA) is 51.0 Å². The minimum Gasteiger partial charge on any atom is -0.454 e. The Labute approximate surface area is 399 Å². The normalized spacial score (nSPS) is 14.4. The van der Waals surface area contributed by atoms with Crippen molar-refractivity contribution in [2.45, 2.75) is 6.17 Å². The van der Waals surface area contributed by atoms with Crippen molar-refractivity contribution in [1.82, 2.24) is 14.0 Å². The summed E-state index contributed by atoms with van der Waals surface area (Å²) in [7, 11) is 2.14. The zero-order valence-electron chi connectivity index (χ0n) is 37.3. The number of aliphatic imine (C=N–C) groups is 2. The van der Waals surface area contributed by atoms with Gasteiger partial charge in [0.1, 0.15) is 11.4 Å². The summed E-state index contributed by atoms with van der Waals surface area (Å²) in [6.45, 7) is 0. The summed E-state index contributed by atoms with van der Waals surface area (Å²) in [5.74, 6) is 1.53. The van der Waals surface area contributed by atoms with Gasteiger partial charge >= 0.3 is 0 Å². The van der Waals surface area contributed by atoms with Gasteiger partial charge in [-0.05, 0) is 89.6 Å². The van der Waals surface area contributed by atoms with Gasteiger partial charge in [-0.2, -0.15) is 0 Å². The van der Waals surface area contributed by atoms with E-state index in [4.69, 9.17) is 14.4 Å². The average Bonchev–Trinajstić information content (AvgIpc) is 4.16. The van der Waals surface area contributed by atoms with Crippen molar-refractivity contribution in [3.8, 4) is 11.4 Å². The molecule has 10 aromatic carbocycles. The molecule has 14 aromatic rings. The molecule has 7 heteroatoms. The van der Waals surface area contributed by atoms with Gasteiger partial charge in [-0.25, -0.2) is 9.98 Å². The first-order valence-electron chi connectivity index (χ1n) is 23.4. The largest absolute Gasteiger partial charge is 0.454 e. The van der Waals surface area contributed by atoms with Crippen LogP contribution < -0.4 is 0 Å². The van der Waals surface area contributed by atoms with Gasteiger partial charge < -0.3 is 18.5 Å². The van der Waals surface area contributed by atoms with E-state index < -0.39 is 6.17 Å². The molecule has 15 rings (SSSR count). The summed E-state index contributed by atoms with van der Waals surface area (Å²) in [5.41, 5.74) is 11.3. The monoisotopic (exact) mass is 901 g/mol. The van der Waals surface area contributed by atoms with Gasteiger partial charge in [0.2, 0.25) is 0 Å². The van der Waals surface area contributed by atoms with E-state index in [1.54, 1.807) is 0 Å². The van der Waals surface area contributed by atoms with Crippen molar-refractivity contribution in [2.75, 3.05) is 7.05 Å². The van der Waals surface area contributed by atoms with Crippen LogP contribution in [-0.4, -0.2) is 32.8 Å². The van der Waals surface area contributed by atoms with Gasteiger partial charge in [0.15, 0.2) is 17.6 Å². The Morgan fingerprint density at radius 1 is 0.464 bits per heavy atom. The Morgan fingerprint density at radius 2 is 1.10 bits per heavy atom. The Bertz CT molecular complexity index is 4530. The highest BCUT2D eigenvalue weighted by Gasteiger charge is 2.31. The van der Waals surface area contributed by atoms with Crippen LogP contribution in [0.15, 0.2) is 227 Å². The highest BCUT2D eigenvalue weighted by Crippen LogP contribution is 2.44. The van der Waals surface area contributed by atoms with Crippen molar-refractivity contribution in [1.29, 1.82) is 0 Å². The van der Waals surface area contributed by atoms with E-state index in [-0.39, 0.29) is 0 Å². The molecule has 4 aromatic heterocycles. The van der Waals surface area contributed by atoms with Gasteiger partial charge in [-0.1, -0.05) is 133 Å². The van der Waals surface area contributed by atoms with E-state index in [1.165, 1.54) is 52.5 Å². The maximum absolute atomic E-state index is 7.08. The first-order valence-corrected chi connectivity index (χ1v) is 24.2. The van der Waals surface area contributed by atoms with Crippen LogP contribution in [0.25, 0.3) is 108 Å². The molecule has 0 bridgehead atoms. The van der Waals surface area contributed by atoms with E-state index in [1.807, 2.05) is 11.3 Å².